The van der Waals surface area contributed by atoms with Crippen molar-refractivity contribution < 1.29 is 4.21 Å². The molecule has 0 aliphatic heterocycles. The Morgan fingerprint density at radius 1 is 1.47 bits per heavy atom. The minimum Gasteiger partial charge on any atom is -0.307 e. The van der Waals surface area contributed by atoms with Gasteiger partial charge in [-0.05, 0) is 19.4 Å². The van der Waals surface area contributed by atoms with Gasteiger partial charge >= 0.3 is 0 Å². The van der Waals surface area contributed by atoms with Crippen LogP contribution in [0.25, 0.3) is 0 Å². The van der Waals surface area contributed by atoms with Gasteiger partial charge in [0.1, 0.15) is 5.82 Å². The molecule has 0 aliphatic rings. The third-order valence-corrected chi connectivity index (χ3v) is 2.88. The summed E-state index contributed by atoms with van der Waals surface area (Å²) in [6.45, 7) is 2.74. The van der Waals surface area contributed by atoms with Gasteiger partial charge in [-0.15, -0.1) is 0 Å². The van der Waals surface area contributed by atoms with Crippen LogP contribution in [0.2, 0.25) is 0 Å². The Morgan fingerprint density at radius 3 is 2.73 bits per heavy atom. The number of hydrogen-bond donors (Lipinski definition) is 1. The van der Waals surface area contributed by atoms with Crippen LogP contribution in [-0.4, -0.2) is 32.2 Å². The molecule has 0 aliphatic carbocycles. The molecule has 5 heteroatoms. The molecule has 84 valence electrons. The lowest BCUT2D eigenvalue weighted by molar-refractivity contribution is 0.523. The van der Waals surface area contributed by atoms with Crippen molar-refractivity contribution in [2.45, 2.75) is 25.9 Å². The van der Waals surface area contributed by atoms with Gasteiger partial charge in [-0.3, -0.25) is 4.21 Å². The van der Waals surface area contributed by atoms with Gasteiger partial charge in [0.2, 0.25) is 0 Å². The van der Waals surface area contributed by atoms with Gasteiger partial charge < -0.3 is 5.32 Å². The predicted octanol–water partition coefficient (Wildman–Crippen LogP) is 0.723. The normalized spacial score (nSPS) is 14.8. The van der Waals surface area contributed by atoms with E-state index < -0.39 is 10.8 Å². The van der Waals surface area contributed by atoms with E-state index in [1.807, 2.05) is 0 Å². The Bertz CT molecular complexity index is 305. The van der Waals surface area contributed by atoms with Crippen LogP contribution in [0.4, 0.5) is 0 Å². The molecule has 0 aromatic carbocycles. The van der Waals surface area contributed by atoms with Crippen molar-refractivity contribution in [2.24, 2.45) is 0 Å². The zero-order valence-corrected chi connectivity index (χ0v) is 9.96. The fraction of sp³-hybridized carbons (Fsp3) is 0.600. The van der Waals surface area contributed by atoms with Crippen molar-refractivity contribution in [3.05, 3.63) is 24.3 Å². The summed E-state index contributed by atoms with van der Waals surface area (Å²) in [4.78, 5) is 8.22. The predicted molar refractivity (Wildman–Crippen MR) is 61.9 cm³/mol. The fourth-order valence-electron chi connectivity index (χ4n) is 1.13. The minimum absolute atomic E-state index is 0.345. The van der Waals surface area contributed by atoms with Crippen LogP contribution in [0.1, 0.15) is 19.2 Å². The van der Waals surface area contributed by atoms with Gasteiger partial charge in [0, 0.05) is 41.2 Å². The molecule has 1 rings (SSSR count). The average Bonchev–Trinajstić information content (AvgIpc) is 2.25. The summed E-state index contributed by atoms with van der Waals surface area (Å²) in [5.74, 6) is 1.53. The maximum absolute atomic E-state index is 10.9. The van der Waals surface area contributed by atoms with Crippen molar-refractivity contribution >= 4 is 10.8 Å². The number of hydrogen-bond acceptors (Lipinski definition) is 4. The molecule has 0 radical (unpaired) electrons. The van der Waals surface area contributed by atoms with Crippen molar-refractivity contribution in [3.8, 4) is 0 Å². The van der Waals surface area contributed by atoms with E-state index in [0.717, 1.165) is 18.0 Å². The highest BCUT2D eigenvalue weighted by Crippen LogP contribution is 1.94. The molecule has 0 amide bonds. The smallest absolute Gasteiger partial charge is 0.141 e. The maximum Gasteiger partial charge on any atom is 0.141 e. The quantitative estimate of drug-likeness (QED) is 0.778. The first kappa shape index (κ1) is 12.3. The standard InChI is InChI=1S/C10H17N3OS/c1-9(4-7-15(2)14)13-8-10-11-5-3-6-12-10/h3,5-6,9,13H,4,7-8H2,1-2H3. The molecule has 4 nitrogen and oxygen atoms in total. The maximum atomic E-state index is 10.9. The third-order valence-electron chi connectivity index (χ3n) is 2.07. The highest BCUT2D eigenvalue weighted by atomic mass is 32.2. The summed E-state index contributed by atoms with van der Waals surface area (Å²) in [6.07, 6.45) is 6.11. The molecule has 1 N–H and O–H groups in total. The number of nitrogens with zero attached hydrogens (tertiary/aromatic N) is 2. The van der Waals surface area contributed by atoms with Crippen LogP contribution in [0.5, 0.6) is 0 Å². The first-order valence-electron chi connectivity index (χ1n) is 4.98. The molecule has 2 unspecified atom stereocenters. The van der Waals surface area contributed by atoms with Gasteiger partial charge in [0.25, 0.3) is 0 Å². The van der Waals surface area contributed by atoms with Gasteiger partial charge in [-0.25, -0.2) is 9.97 Å². The van der Waals surface area contributed by atoms with E-state index in [1.165, 1.54) is 0 Å². The Kier molecular flexibility index (Phi) is 5.42. The molecule has 0 saturated carbocycles. The van der Waals surface area contributed by atoms with Gasteiger partial charge in [0.15, 0.2) is 0 Å². The third kappa shape index (κ3) is 5.59. The largest absolute Gasteiger partial charge is 0.307 e. The van der Waals surface area contributed by atoms with Gasteiger partial charge in [0.05, 0.1) is 6.54 Å². The summed E-state index contributed by atoms with van der Waals surface area (Å²) in [6, 6.07) is 2.14. The summed E-state index contributed by atoms with van der Waals surface area (Å²) in [5.41, 5.74) is 0. The summed E-state index contributed by atoms with van der Waals surface area (Å²) < 4.78 is 10.9. The molecule has 15 heavy (non-hydrogen) atoms. The Labute approximate surface area is 93.0 Å². The van der Waals surface area contributed by atoms with Crippen molar-refractivity contribution in [1.82, 2.24) is 15.3 Å². The number of rotatable bonds is 6. The highest BCUT2D eigenvalue weighted by Gasteiger charge is 2.03. The molecule has 1 heterocycles. The second-order valence-electron chi connectivity index (χ2n) is 3.51. The molecule has 2 atom stereocenters. The molecular weight excluding hydrogens is 210 g/mol. The average molecular weight is 227 g/mol. The van der Waals surface area contributed by atoms with Crippen LogP contribution in [0.15, 0.2) is 18.5 Å². The summed E-state index contributed by atoms with van der Waals surface area (Å²) in [7, 11) is -0.705. The van der Waals surface area contributed by atoms with Gasteiger partial charge in [-0.1, -0.05) is 0 Å². The molecule has 1 aromatic rings. The van der Waals surface area contributed by atoms with E-state index in [1.54, 1.807) is 24.7 Å². The first-order chi connectivity index (χ1) is 7.18. The van der Waals surface area contributed by atoms with Crippen LogP contribution in [-0.2, 0) is 17.3 Å². The van der Waals surface area contributed by atoms with Crippen LogP contribution in [0.3, 0.4) is 0 Å². The fourth-order valence-corrected chi connectivity index (χ4v) is 1.82. The molecular formula is C10H17N3OS. The number of nitrogens with one attached hydrogen (secondary N) is 1. The number of aromatic nitrogens is 2. The van der Waals surface area contributed by atoms with Crippen molar-refractivity contribution in [2.75, 3.05) is 12.0 Å². The van der Waals surface area contributed by atoms with Crippen molar-refractivity contribution in [1.29, 1.82) is 0 Å². The van der Waals surface area contributed by atoms with E-state index in [-0.39, 0.29) is 0 Å². The van der Waals surface area contributed by atoms with Crippen LogP contribution < -0.4 is 5.32 Å². The van der Waals surface area contributed by atoms with E-state index in [4.69, 9.17) is 0 Å². The van der Waals surface area contributed by atoms with E-state index in [0.29, 0.717) is 12.6 Å². The van der Waals surface area contributed by atoms with Crippen molar-refractivity contribution in [3.63, 3.8) is 0 Å². The monoisotopic (exact) mass is 227 g/mol. The Morgan fingerprint density at radius 2 is 2.13 bits per heavy atom. The molecule has 0 bridgehead atoms. The van der Waals surface area contributed by atoms with Crippen LogP contribution >= 0.6 is 0 Å². The summed E-state index contributed by atoms with van der Waals surface area (Å²) in [5, 5.41) is 3.29. The highest BCUT2D eigenvalue weighted by molar-refractivity contribution is 7.84. The minimum atomic E-state index is -0.705. The van der Waals surface area contributed by atoms with E-state index in [2.05, 4.69) is 22.2 Å². The molecule has 1 aromatic heterocycles. The molecule has 0 spiro atoms. The van der Waals surface area contributed by atoms with E-state index in [9.17, 15) is 4.21 Å². The van der Waals surface area contributed by atoms with Crippen LogP contribution in [0, 0.1) is 0 Å². The molecule has 0 fully saturated rings. The molecule has 0 saturated heterocycles. The SMILES string of the molecule is CC(CCS(C)=O)NCc1ncccn1. The Hall–Kier alpha value is -0.810. The van der Waals surface area contributed by atoms with Gasteiger partial charge in [-0.2, -0.15) is 0 Å². The second-order valence-corrected chi connectivity index (χ2v) is 5.07. The lowest BCUT2D eigenvalue weighted by Crippen LogP contribution is -2.27. The summed E-state index contributed by atoms with van der Waals surface area (Å²) >= 11 is 0. The lowest BCUT2D eigenvalue weighted by Gasteiger charge is -2.11. The zero-order valence-electron chi connectivity index (χ0n) is 9.14. The topological polar surface area (TPSA) is 54.9 Å². The Balaban J connectivity index is 2.22. The lowest BCUT2D eigenvalue weighted by atomic mass is 10.2. The second kappa shape index (κ2) is 6.63. The first-order valence-corrected chi connectivity index (χ1v) is 6.70. The zero-order chi connectivity index (χ0) is 11.1. The van der Waals surface area contributed by atoms with E-state index >= 15 is 0 Å².